The summed E-state index contributed by atoms with van der Waals surface area (Å²) in [6.45, 7) is 8.06. The van der Waals surface area contributed by atoms with Crippen molar-refractivity contribution in [2.75, 3.05) is 13.6 Å². The van der Waals surface area contributed by atoms with Crippen molar-refractivity contribution in [1.82, 2.24) is 14.8 Å². The molecule has 20 heavy (non-hydrogen) atoms. The van der Waals surface area contributed by atoms with Gasteiger partial charge in [0.05, 0.1) is 12.2 Å². The zero-order chi connectivity index (χ0) is 14.8. The predicted octanol–water partition coefficient (Wildman–Crippen LogP) is 3.14. The summed E-state index contributed by atoms with van der Waals surface area (Å²) in [6, 6.07) is 6.25. The van der Waals surface area contributed by atoms with E-state index in [1.54, 1.807) is 11.1 Å². The predicted molar refractivity (Wildman–Crippen MR) is 80.3 cm³/mol. The molecular formula is C16H25N3O. The third-order valence-corrected chi connectivity index (χ3v) is 3.95. The average Bonchev–Trinajstić information content (AvgIpc) is 2.88. The molecule has 4 heteroatoms. The van der Waals surface area contributed by atoms with Crippen LogP contribution in [0.3, 0.4) is 0 Å². The molecule has 0 N–H and O–H groups in total. The summed E-state index contributed by atoms with van der Waals surface area (Å²) in [6.07, 6.45) is 3.97. The van der Waals surface area contributed by atoms with Crippen LogP contribution in [-0.4, -0.2) is 40.4 Å². The summed E-state index contributed by atoms with van der Waals surface area (Å²) < 4.78 is 0. The summed E-state index contributed by atoms with van der Waals surface area (Å²) in [5.41, 5.74) is 1.06. The fraction of sp³-hybridized carbons (Fsp3) is 0.625. The van der Waals surface area contributed by atoms with E-state index in [1.807, 2.05) is 30.1 Å². The number of carbonyl (C=O) groups is 1. The first-order valence-corrected chi connectivity index (χ1v) is 7.31. The van der Waals surface area contributed by atoms with Gasteiger partial charge in [0.25, 0.3) is 0 Å². The number of hydrogen-bond donors (Lipinski definition) is 0. The minimum Gasteiger partial charge on any atom is -0.322 e. The Bertz CT molecular complexity index is 453. The van der Waals surface area contributed by atoms with Gasteiger partial charge in [-0.3, -0.25) is 4.98 Å². The molecule has 1 aliphatic rings. The second kappa shape index (κ2) is 5.81. The second-order valence-corrected chi connectivity index (χ2v) is 6.68. The van der Waals surface area contributed by atoms with Gasteiger partial charge in [0.2, 0.25) is 0 Å². The SMILES string of the molecule is CN(Cc1ccccn1)C(=O)N1CCCC1C(C)(C)C. The Balaban J connectivity index is 2.03. The zero-order valence-corrected chi connectivity index (χ0v) is 13.0. The van der Waals surface area contributed by atoms with Gasteiger partial charge < -0.3 is 9.80 Å². The molecule has 110 valence electrons. The summed E-state index contributed by atoms with van der Waals surface area (Å²) >= 11 is 0. The molecule has 2 amide bonds. The van der Waals surface area contributed by atoms with Crippen LogP contribution in [0.15, 0.2) is 24.4 Å². The highest BCUT2D eigenvalue weighted by Gasteiger charge is 2.37. The molecular weight excluding hydrogens is 250 g/mol. The van der Waals surface area contributed by atoms with Crippen molar-refractivity contribution in [3.05, 3.63) is 30.1 Å². The lowest BCUT2D eigenvalue weighted by molar-refractivity contribution is 0.119. The zero-order valence-electron chi connectivity index (χ0n) is 13.0. The molecule has 0 aliphatic carbocycles. The maximum absolute atomic E-state index is 12.6. The van der Waals surface area contributed by atoms with Crippen LogP contribution in [0.25, 0.3) is 0 Å². The molecule has 0 aromatic carbocycles. The first-order valence-electron chi connectivity index (χ1n) is 7.31. The third kappa shape index (κ3) is 3.30. The van der Waals surface area contributed by atoms with Crippen LogP contribution in [0.1, 0.15) is 39.3 Å². The van der Waals surface area contributed by atoms with Crippen LogP contribution in [0, 0.1) is 5.41 Å². The number of hydrogen-bond acceptors (Lipinski definition) is 2. The van der Waals surface area contributed by atoms with Crippen molar-refractivity contribution in [1.29, 1.82) is 0 Å². The Morgan fingerprint density at radius 3 is 2.80 bits per heavy atom. The number of nitrogens with zero attached hydrogens (tertiary/aromatic N) is 3. The van der Waals surface area contributed by atoms with E-state index in [4.69, 9.17) is 0 Å². The third-order valence-electron chi connectivity index (χ3n) is 3.95. The van der Waals surface area contributed by atoms with E-state index in [-0.39, 0.29) is 11.4 Å². The summed E-state index contributed by atoms with van der Waals surface area (Å²) in [5, 5.41) is 0. The van der Waals surface area contributed by atoms with E-state index in [0.717, 1.165) is 25.1 Å². The van der Waals surface area contributed by atoms with Gasteiger partial charge in [-0.2, -0.15) is 0 Å². The minimum atomic E-state index is 0.119. The molecule has 2 rings (SSSR count). The van der Waals surface area contributed by atoms with E-state index in [0.29, 0.717) is 12.6 Å². The first kappa shape index (κ1) is 14.8. The topological polar surface area (TPSA) is 36.4 Å². The van der Waals surface area contributed by atoms with E-state index in [1.165, 1.54) is 0 Å². The molecule has 0 radical (unpaired) electrons. The summed E-state index contributed by atoms with van der Waals surface area (Å²) in [7, 11) is 1.86. The number of rotatable bonds is 2. The number of carbonyl (C=O) groups excluding carboxylic acids is 1. The van der Waals surface area contributed by atoms with Crippen molar-refractivity contribution in [3.63, 3.8) is 0 Å². The van der Waals surface area contributed by atoms with Gasteiger partial charge in [0.15, 0.2) is 0 Å². The number of pyridine rings is 1. The number of amides is 2. The lowest BCUT2D eigenvalue weighted by Gasteiger charge is -2.37. The van der Waals surface area contributed by atoms with Crippen LogP contribution >= 0.6 is 0 Å². The number of likely N-dealkylation sites (tertiary alicyclic amines) is 1. The highest BCUT2D eigenvalue weighted by atomic mass is 16.2. The van der Waals surface area contributed by atoms with E-state index in [9.17, 15) is 4.79 Å². The van der Waals surface area contributed by atoms with Crippen molar-refractivity contribution in [2.24, 2.45) is 5.41 Å². The van der Waals surface area contributed by atoms with Gasteiger partial charge in [0.1, 0.15) is 0 Å². The Hall–Kier alpha value is -1.58. The van der Waals surface area contributed by atoms with Crippen molar-refractivity contribution in [3.8, 4) is 0 Å². The fourth-order valence-corrected chi connectivity index (χ4v) is 2.92. The lowest BCUT2D eigenvalue weighted by atomic mass is 9.85. The maximum atomic E-state index is 12.6. The molecule has 1 saturated heterocycles. The van der Waals surface area contributed by atoms with E-state index in [2.05, 4.69) is 25.8 Å². The Morgan fingerprint density at radius 1 is 1.45 bits per heavy atom. The van der Waals surface area contributed by atoms with Crippen LogP contribution in [0.5, 0.6) is 0 Å². The molecule has 4 nitrogen and oxygen atoms in total. The van der Waals surface area contributed by atoms with Gasteiger partial charge in [0, 0.05) is 25.8 Å². The van der Waals surface area contributed by atoms with Gasteiger partial charge >= 0.3 is 6.03 Å². The molecule has 1 fully saturated rings. The van der Waals surface area contributed by atoms with Crippen LogP contribution < -0.4 is 0 Å². The van der Waals surface area contributed by atoms with Gasteiger partial charge in [-0.25, -0.2) is 4.79 Å². The molecule has 1 aliphatic heterocycles. The Labute approximate surface area is 121 Å². The molecule has 1 atom stereocenters. The highest BCUT2D eigenvalue weighted by molar-refractivity contribution is 5.75. The van der Waals surface area contributed by atoms with Crippen LogP contribution in [-0.2, 0) is 6.54 Å². The smallest absolute Gasteiger partial charge is 0.320 e. The number of aromatic nitrogens is 1. The van der Waals surface area contributed by atoms with Crippen molar-refractivity contribution in [2.45, 2.75) is 46.2 Å². The van der Waals surface area contributed by atoms with Crippen molar-refractivity contribution < 1.29 is 4.79 Å². The first-order chi connectivity index (χ1) is 9.39. The van der Waals surface area contributed by atoms with E-state index < -0.39 is 0 Å². The monoisotopic (exact) mass is 275 g/mol. The molecule has 2 heterocycles. The Kier molecular flexibility index (Phi) is 4.31. The highest BCUT2D eigenvalue weighted by Crippen LogP contribution is 2.33. The molecule has 1 unspecified atom stereocenters. The Morgan fingerprint density at radius 2 is 2.20 bits per heavy atom. The molecule has 1 aromatic rings. The molecule has 0 bridgehead atoms. The molecule has 0 saturated carbocycles. The van der Waals surface area contributed by atoms with Crippen LogP contribution in [0.4, 0.5) is 4.79 Å². The lowest BCUT2D eigenvalue weighted by Crippen LogP contribution is -2.48. The van der Waals surface area contributed by atoms with E-state index >= 15 is 0 Å². The summed E-state index contributed by atoms with van der Waals surface area (Å²) in [4.78, 5) is 20.7. The molecule has 1 aromatic heterocycles. The normalized spacial score (nSPS) is 19.2. The van der Waals surface area contributed by atoms with Gasteiger partial charge in [-0.05, 0) is 30.4 Å². The van der Waals surface area contributed by atoms with Gasteiger partial charge in [-0.15, -0.1) is 0 Å². The quantitative estimate of drug-likeness (QED) is 0.831. The van der Waals surface area contributed by atoms with Crippen molar-refractivity contribution >= 4 is 6.03 Å². The standard InChI is InChI=1S/C16H25N3O/c1-16(2,3)14-9-7-11-19(14)15(20)18(4)12-13-8-5-6-10-17-13/h5-6,8,10,14H,7,9,11-12H2,1-4H3. The number of urea groups is 1. The van der Waals surface area contributed by atoms with Crippen LogP contribution in [0.2, 0.25) is 0 Å². The second-order valence-electron chi connectivity index (χ2n) is 6.68. The fourth-order valence-electron chi connectivity index (χ4n) is 2.92. The molecule has 0 spiro atoms. The van der Waals surface area contributed by atoms with Gasteiger partial charge in [-0.1, -0.05) is 26.8 Å². The summed E-state index contributed by atoms with van der Waals surface area (Å²) in [5.74, 6) is 0. The minimum absolute atomic E-state index is 0.119. The average molecular weight is 275 g/mol. The largest absolute Gasteiger partial charge is 0.322 e. The maximum Gasteiger partial charge on any atom is 0.320 e.